The number of carbonyl (C=O) groups excluding carboxylic acids is 2. The molecule has 2 unspecified atom stereocenters. The second kappa shape index (κ2) is 13.3. The maximum Gasteiger partial charge on any atom is 0.341 e. The predicted octanol–water partition coefficient (Wildman–Crippen LogP) is 4.25. The van der Waals surface area contributed by atoms with Gasteiger partial charge in [0.1, 0.15) is 11.7 Å². The highest BCUT2D eigenvalue weighted by Gasteiger charge is 2.42. The predicted molar refractivity (Wildman–Crippen MR) is 141 cm³/mol. The molecule has 1 heterocycles. The zero-order chi connectivity index (χ0) is 28.5. The summed E-state index contributed by atoms with van der Waals surface area (Å²) in [5.41, 5.74) is 1.98. The summed E-state index contributed by atoms with van der Waals surface area (Å²) in [4.78, 5) is 52.5. The Morgan fingerprint density at radius 2 is 1.77 bits per heavy atom. The number of carbonyl (C=O) groups is 3. The summed E-state index contributed by atoms with van der Waals surface area (Å²) < 4.78 is 16.1. The Labute approximate surface area is 225 Å². The molecule has 2 aromatic carbocycles. The molecule has 206 valence electrons. The number of aliphatic imine (C=N–C) groups is 1. The van der Waals surface area contributed by atoms with Crippen LogP contribution in [0.5, 0.6) is 5.75 Å². The molecule has 1 aliphatic heterocycles. The normalized spacial score (nSPS) is 16.7. The topological polar surface area (TPSA) is 155 Å². The number of carboxylic acids is 1. The number of ether oxygens (including phenoxy) is 3. The van der Waals surface area contributed by atoms with Gasteiger partial charge in [-0.05, 0) is 43.5 Å². The number of hydrogen-bond acceptors (Lipinski definition) is 9. The molecule has 2 aromatic rings. The van der Waals surface area contributed by atoms with E-state index in [0.29, 0.717) is 35.6 Å². The van der Waals surface area contributed by atoms with Crippen molar-refractivity contribution >= 4 is 29.3 Å². The van der Waals surface area contributed by atoms with E-state index in [0.717, 1.165) is 5.56 Å². The number of esters is 2. The van der Waals surface area contributed by atoms with Crippen molar-refractivity contribution in [1.82, 2.24) is 0 Å². The highest BCUT2D eigenvalue weighted by Crippen LogP contribution is 2.41. The SMILES string of the molecule is CCCOC(=O)C1C(C)=NC(C)=C(C(=O)OCCc2ccc(OCC(=O)O)cc2)C1c1cccc([N+](=O)[O-])c1. The van der Waals surface area contributed by atoms with E-state index in [-0.39, 0.29) is 24.5 Å². The first-order chi connectivity index (χ1) is 18.6. The fourth-order valence-electron chi connectivity index (χ4n) is 4.33. The van der Waals surface area contributed by atoms with Crippen LogP contribution in [-0.2, 0) is 30.3 Å². The van der Waals surface area contributed by atoms with Crippen LogP contribution >= 0.6 is 0 Å². The first kappa shape index (κ1) is 29.0. The average Bonchev–Trinajstić information content (AvgIpc) is 2.90. The number of nitrogens with zero attached hydrogens (tertiary/aromatic N) is 2. The summed E-state index contributed by atoms with van der Waals surface area (Å²) in [7, 11) is 0. The monoisotopic (exact) mass is 538 g/mol. The molecule has 11 heteroatoms. The lowest BCUT2D eigenvalue weighted by Crippen LogP contribution is -2.36. The van der Waals surface area contributed by atoms with Gasteiger partial charge in [0.2, 0.25) is 0 Å². The van der Waals surface area contributed by atoms with Crippen molar-refractivity contribution in [1.29, 1.82) is 0 Å². The Morgan fingerprint density at radius 1 is 1.05 bits per heavy atom. The number of benzene rings is 2. The van der Waals surface area contributed by atoms with Gasteiger partial charge in [0.05, 0.1) is 23.7 Å². The van der Waals surface area contributed by atoms with Gasteiger partial charge in [0.25, 0.3) is 5.69 Å². The molecular formula is C28H30N2O9. The van der Waals surface area contributed by atoms with Crippen LogP contribution < -0.4 is 4.74 Å². The van der Waals surface area contributed by atoms with Crippen LogP contribution in [0, 0.1) is 16.0 Å². The summed E-state index contributed by atoms with van der Waals surface area (Å²) >= 11 is 0. The average molecular weight is 539 g/mol. The van der Waals surface area contributed by atoms with Gasteiger partial charge in [-0.25, -0.2) is 9.59 Å². The lowest BCUT2D eigenvalue weighted by atomic mass is 9.75. The van der Waals surface area contributed by atoms with Crippen LogP contribution in [0.3, 0.4) is 0 Å². The minimum atomic E-state index is -1.08. The van der Waals surface area contributed by atoms with Gasteiger partial charge in [0.15, 0.2) is 6.61 Å². The lowest BCUT2D eigenvalue weighted by molar-refractivity contribution is -0.384. The van der Waals surface area contributed by atoms with Crippen molar-refractivity contribution in [2.75, 3.05) is 19.8 Å². The van der Waals surface area contributed by atoms with Crippen molar-refractivity contribution < 1.29 is 38.6 Å². The summed E-state index contributed by atoms with van der Waals surface area (Å²) in [6.07, 6.45) is 0.968. The molecule has 2 atom stereocenters. The summed E-state index contributed by atoms with van der Waals surface area (Å²) in [6, 6.07) is 12.5. The van der Waals surface area contributed by atoms with Crippen LogP contribution in [0.25, 0.3) is 0 Å². The Hall–Kier alpha value is -4.54. The Bertz CT molecular complexity index is 1300. The number of rotatable bonds is 12. The van der Waals surface area contributed by atoms with E-state index >= 15 is 0 Å². The van der Waals surface area contributed by atoms with Crippen molar-refractivity contribution in [3.05, 3.63) is 81.0 Å². The number of aliphatic carboxylic acids is 1. The van der Waals surface area contributed by atoms with Crippen LogP contribution in [0.2, 0.25) is 0 Å². The standard InChI is InChI=1S/C28H30N2O9/c1-4-13-37-27(33)24-17(2)29-18(3)25(26(24)20-6-5-7-21(15-20)30(35)36)28(34)38-14-12-19-8-10-22(11-9-19)39-16-23(31)32/h5-11,15,24,26H,4,12-14,16H2,1-3H3,(H,31,32). The molecule has 0 bridgehead atoms. The van der Waals surface area contributed by atoms with Gasteiger partial charge in [0, 0.05) is 35.9 Å². The van der Waals surface area contributed by atoms with E-state index in [4.69, 9.17) is 19.3 Å². The lowest BCUT2D eigenvalue weighted by Gasteiger charge is -2.31. The fraction of sp³-hybridized carbons (Fsp3) is 0.357. The highest BCUT2D eigenvalue weighted by molar-refractivity contribution is 6.07. The molecule has 0 saturated carbocycles. The third-order valence-corrected chi connectivity index (χ3v) is 6.10. The molecule has 1 aliphatic rings. The van der Waals surface area contributed by atoms with E-state index < -0.39 is 41.3 Å². The van der Waals surface area contributed by atoms with Gasteiger partial charge in [-0.15, -0.1) is 0 Å². The Morgan fingerprint density at radius 3 is 2.41 bits per heavy atom. The van der Waals surface area contributed by atoms with Crippen molar-refractivity contribution in [3.8, 4) is 5.75 Å². The van der Waals surface area contributed by atoms with Crippen LogP contribution in [-0.4, -0.2) is 53.5 Å². The molecule has 0 radical (unpaired) electrons. The van der Waals surface area contributed by atoms with E-state index in [1.807, 2.05) is 6.92 Å². The molecule has 1 N–H and O–H groups in total. The molecule has 0 aliphatic carbocycles. The van der Waals surface area contributed by atoms with E-state index in [2.05, 4.69) is 4.99 Å². The summed E-state index contributed by atoms with van der Waals surface area (Å²) in [6.45, 7) is 4.90. The number of nitro groups is 1. The van der Waals surface area contributed by atoms with Crippen LogP contribution in [0.1, 0.15) is 44.2 Å². The van der Waals surface area contributed by atoms with Gasteiger partial charge in [-0.2, -0.15) is 0 Å². The zero-order valence-corrected chi connectivity index (χ0v) is 21.9. The fourth-order valence-corrected chi connectivity index (χ4v) is 4.33. The number of hydrogen-bond donors (Lipinski definition) is 1. The second-order valence-corrected chi connectivity index (χ2v) is 8.94. The maximum absolute atomic E-state index is 13.4. The third-order valence-electron chi connectivity index (χ3n) is 6.10. The minimum absolute atomic E-state index is 0.0141. The number of nitro benzene ring substituents is 1. The molecule has 0 saturated heterocycles. The molecule has 0 aromatic heterocycles. The Kier molecular flexibility index (Phi) is 9.91. The molecule has 0 fully saturated rings. The van der Waals surface area contributed by atoms with Gasteiger partial charge < -0.3 is 19.3 Å². The van der Waals surface area contributed by atoms with E-state index in [9.17, 15) is 24.5 Å². The molecule has 0 spiro atoms. The second-order valence-electron chi connectivity index (χ2n) is 8.94. The van der Waals surface area contributed by atoms with Gasteiger partial charge in [-0.1, -0.05) is 31.2 Å². The van der Waals surface area contributed by atoms with Crippen LogP contribution in [0.15, 0.2) is 64.8 Å². The number of non-ortho nitro benzene ring substituents is 1. The molecule has 11 nitrogen and oxygen atoms in total. The van der Waals surface area contributed by atoms with Gasteiger partial charge in [-0.3, -0.25) is 19.9 Å². The Balaban J connectivity index is 1.84. The quantitative estimate of drug-likeness (QED) is 0.237. The zero-order valence-electron chi connectivity index (χ0n) is 21.9. The van der Waals surface area contributed by atoms with E-state index in [1.165, 1.54) is 18.2 Å². The summed E-state index contributed by atoms with van der Waals surface area (Å²) in [5, 5.41) is 20.2. The molecular weight excluding hydrogens is 508 g/mol. The summed E-state index contributed by atoms with van der Waals surface area (Å²) in [5.74, 6) is -3.78. The molecule has 39 heavy (non-hydrogen) atoms. The van der Waals surface area contributed by atoms with E-state index in [1.54, 1.807) is 44.2 Å². The highest BCUT2D eigenvalue weighted by atomic mass is 16.6. The number of carboxylic acid groups (broad SMARTS) is 1. The third kappa shape index (κ3) is 7.50. The van der Waals surface area contributed by atoms with Crippen molar-refractivity contribution in [3.63, 3.8) is 0 Å². The maximum atomic E-state index is 13.4. The molecule has 0 amide bonds. The first-order valence-corrected chi connectivity index (χ1v) is 12.4. The smallest absolute Gasteiger partial charge is 0.341 e. The first-order valence-electron chi connectivity index (χ1n) is 12.4. The molecule has 3 rings (SSSR count). The van der Waals surface area contributed by atoms with Gasteiger partial charge >= 0.3 is 17.9 Å². The minimum Gasteiger partial charge on any atom is -0.482 e. The van der Waals surface area contributed by atoms with Crippen LogP contribution in [0.4, 0.5) is 5.69 Å². The number of allylic oxidation sites excluding steroid dienone is 1. The van der Waals surface area contributed by atoms with Crippen molar-refractivity contribution in [2.24, 2.45) is 10.9 Å². The largest absolute Gasteiger partial charge is 0.482 e. The van der Waals surface area contributed by atoms with Crippen molar-refractivity contribution in [2.45, 2.75) is 39.5 Å².